The molecule has 3 rings (SSSR count). The Morgan fingerprint density at radius 1 is 1.33 bits per heavy atom. The Morgan fingerprint density at radius 3 is 2.81 bits per heavy atom. The van der Waals surface area contributed by atoms with E-state index < -0.39 is 5.91 Å². The molecular weight excluding hydrogens is 368 g/mol. The van der Waals surface area contributed by atoms with Crippen molar-refractivity contribution in [3.63, 3.8) is 0 Å². The highest BCUT2D eigenvalue weighted by atomic mass is 35.5. The van der Waals surface area contributed by atoms with Crippen molar-refractivity contribution in [1.29, 1.82) is 0 Å². The minimum Gasteiger partial charge on any atom is -0.360 e. The van der Waals surface area contributed by atoms with Crippen molar-refractivity contribution in [2.45, 2.75) is 25.8 Å². The van der Waals surface area contributed by atoms with Gasteiger partial charge in [0.25, 0.3) is 5.91 Å². The molecule has 1 aliphatic heterocycles. The number of nitrogens with two attached hydrogens (primary N) is 1. The van der Waals surface area contributed by atoms with Gasteiger partial charge in [-0.1, -0.05) is 19.1 Å². The molecule has 146 valence electrons. The van der Waals surface area contributed by atoms with Crippen LogP contribution < -0.4 is 16.5 Å². The molecule has 2 atom stereocenters. The van der Waals surface area contributed by atoms with Gasteiger partial charge in [-0.25, -0.2) is 0 Å². The van der Waals surface area contributed by atoms with E-state index in [4.69, 9.17) is 5.73 Å². The van der Waals surface area contributed by atoms with E-state index in [-0.39, 0.29) is 41.9 Å². The summed E-state index contributed by atoms with van der Waals surface area (Å²) in [6, 6.07) is 6.99. The summed E-state index contributed by atoms with van der Waals surface area (Å²) in [5.41, 5.74) is 6.10. The number of amides is 2. The average Bonchev–Trinajstić information content (AvgIpc) is 2.66. The second kappa shape index (κ2) is 9.01. The SMILES string of the molecule is CC1CCN(C(=O)CNC(=O)c2c[nH]c3ccccc3c2=O)C(CN)C1.Cl. The quantitative estimate of drug-likeness (QED) is 0.727. The molecular formula is C19H25ClN4O3. The number of aromatic amines is 1. The van der Waals surface area contributed by atoms with Gasteiger partial charge in [0, 0.05) is 36.2 Å². The number of hydrogen-bond acceptors (Lipinski definition) is 4. The van der Waals surface area contributed by atoms with Crippen LogP contribution in [-0.4, -0.2) is 47.4 Å². The van der Waals surface area contributed by atoms with Crippen LogP contribution in [-0.2, 0) is 4.79 Å². The van der Waals surface area contributed by atoms with E-state index in [9.17, 15) is 14.4 Å². The molecule has 2 unspecified atom stereocenters. The van der Waals surface area contributed by atoms with Crippen LogP contribution in [0.2, 0.25) is 0 Å². The molecule has 27 heavy (non-hydrogen) atoms. The number of piperidine rings is 1. The van der Waals surface area contributed by atoms with Gasteiger partial charge in [0.05, 0.1) is 6.54 Å². The van der Waals surface area contributed by atoms with E-state index in [2.05, 4.69) is 17.2 Å². The Balaban J connectivity index is 0.00000261. The number of H-pyrrole nitrogens is 1. The number of carbonyl (C=O) groups excluding carboxylic acids is 2. The lowest BCUT2D eigenvalue weighted by atomic mass is 9.92. The predicted molar refractivity (Wildman–Crippen MR) is 107 cm³/mol. The first-order valence-electron chi connectivity index (χ1n) is 8.89. The van der Waals surface area contributed by atoms with Gasteiger partial charge in [-0.3, -0.25) is 14.4 Å². The Labute approximate surface area is 163 Å². The number of pyridine rings is 1. The molecule has 0 bridgehead atoms. The molecule has 0 saturated carbocycles. The lowest BCUT2D eigenvalue weighted by molar-refractivity contribution is -0.134. The summed E-state index contributed by atoms with van der Waals surface area (Å²) in [5, 5.41) is 3.01. The summed E-state index contributed by atoms with van der Waals surface area (Å²) in [5.74, 6) is -0.184. The summed E-state index contributed by atoms with van der Waals surface area (Å²) in [7, 11) is 0. The van der Waals surface area contributed by atoms with Crippen LogP contribution in [0.25, 0.3) is 10.9 Å². The fraction of sp³-hybridized carbons (Fsp3) is 0.421. The fourth-order valence-electron chi connectivity index (χ4n) is 3.49. The Morgan fingerprint density at radius 2 is 2.07 bits per heavy atom. The number of hydrogen-bond donors (Lipinski definition) is 3. The summed E-state index contributed by atoms with van der Waals surface area (Å²) in [4.78, 5) is 42.0. The maximum atomic E-state index is 12.5. The molecule has 1 aromatic heterocycles. The van der Waals surface area contributed by atoms with Gasteiger partial charge >= 0.3 is 0 Å². The summed E-state index contributed by atoms with van der Waals surface area (Å²) < 4.78 is 0. The Bertz CT molecular complexity index is 883. The van der Waals surface area contributed by atoms with Crippen molar-refractivity contribution in [3.8, 4) is 0 Å². The first kappa shape index (κ1) is 20.9. The molecule has 1 aliphatic rings. The van der Waals surface area contributed by atoms with Crippen molar-refractivity contribution >= 4 is 35.1 Å². The summed E-state index contributed by atoms with van der Waals surface area (Å²) >= 11 is 0. The second-order valence-corrected chi connectivity index (χ2v) is 6.87. The van der Waals surface area contributed by atoms with E-state index >= 15 is 0 Å². The van der Waals surface area contributed by atoms with Crippen LogP contribution in [0.1, 0.15) is 30.1 Å². The van der Waals surface area contributed by atoms with E-state index in [0.29, 0.717) is 29.9 Å². The number of para-hydroxylation sites is 1. The number of benzene rings is 1. The molecule has 7 nitrogen and oxygen atoms in total. The number of halogens is 1. The Kier molecular flexibility index (Phi) is 6.98. The number of carbonyl (C=O) groups is 2. The van der Waals surface area contributed by atoms with Gasteiger partial charge in [-0.15, -0.1) is 12.4 Å². The van der Waals surface area contributed by atoms with Crippen LogP contribution in [0.15, 0.2) is 35.3 Å². The lowest BCUT2D eigenvalue weighted by Crippen LogP contribution is -2.52. The van der Waals surface area contributed by atoms with E-state index in [1.165, 1.54) is 6.20 Å². The number of aromatic nitrogens is 1. The van der Waals surface area contributed by atoms with Crippen molar-refractivity contribution < 1.29 is 9.59 Å². The van der Waals surface area contributed by atoms with Crippen molar-refractivity contribution in [2.75, 3.05) is 19.6 Å². The molecule has 2 amide bonds. The second-order valence-electron chi connectivity index (χ2n) is 6.87. The zero-order valence-electron chi connectivity index (χ0n) is 15.2. The van der Waals surface area contributed by atoms with Crippen molar-refractivity contribution in [3.05, 3.63) is 46.2 Å². The van der Waals surface area contributed by atoms with Crippen LogP contribution in [0.5, 0.6) is 0 Å². The number of fused-ring (bicyclic) bond motifs is 1. The minimum absolute atomic E-state index is 0. The molecule has 1 fully saturated rings. The molecule has 2 heterocycles. The first-order valence-corrected chi connectivity index (χ1v) is 8.89. The van der Waals surface area contributed by atoms with Crippen molar-refractivity contribution in [1.82, 2.24) is 15.2 Å². The van der Waals surface area contributed by atoms with E-state index in [1.807, 2.05) is 6.07 Å². The molecule has 1 aromatic carbocycles. The number of likely N-dealkylation sites (tertiary alicyclic amines) is 1. The number of rotatable bonds is 4. The predicted octanol–water partition coefficient (Wildman–Crippen LogP) is 1.27. The number of nitrogens with one attached hydrogen (secondary N) is 2. The van der Waals surface area contributed by atoms with Gasteiger partial charge in [0.15, 0.2) is 0 Å². The largest absolute Gasteiger partial charge is 0.360 e. The monoisotopic (exact) mass is 392 g/mol. The smallest absolute Gasteiger partial charge is 0.257 e. The van der Waals surface area contributed by atoms with E-state index in [0.717, 1.165) is 12.8 Å². The third-order valence-electron chi connectivity index (χ3n) is 5.00. The summed E-state index contributed by atoms with van der Waals surface area (Å²) in [6.07, 6.45) is 3.19. The minimum atomic E-state index is -0.556. The molecule has 0 aliphatic carbocycles. The maximum Gasteiger partial charge on any atom is 0.257 e. The third-order valence-corrected chi connectivity index (χ3v) is 5.00. The van der Waals surface area contributed by atoms with E-state index in [1.54, 1.807) is 23.1 Å². The highest BCUT2D eigenvalue weighted by Crippen LogP contribution is 2.21. The standard InChI is InChI=1S/C19H24N4O3.ClH/c1-12-6-7-23(13(8-12)9-20)17(24)11-22-19(26)15-10-21-16-5-3-2-4-14(16)18(15)25;/h2-5,10,12-13H,6-9,11,20H2,1H3,(H,21,25)(H,22,26);1H. The van der Waals surface area contributed by atoms with Gasteiger partial charge < -0.3 is 20.9 Å². The zero-order valence-corrected chi connectivity index (χ0v) is 16.1. The van der Waals surface area contributed by atoms with Gasteiger partial charge in [-0.05, 0) is 30.9 Å². The first-order chi connectivity index (χ1) is 12.5. The fourth-order valence-corrected chi connectivity index (χ4v) is 3.49. The maximum absolute atomic E-state index is 12.5. The van der Waals surface area contributed by atoms with Crippen molar-refractivity contribution in [2.24, 2.45) is 11.7 Å². The normalized spacial score (nSPS) is 19.4. The topological polar surface area (TPSA) is 108 Å². The molecule has 4 N–H and O–H groups in total. The van der Waals surface area contributed by atoms with Crippen LogP contribution >= 0.6 is 12.4 Å². The molecule has 1 saturated heterocycles. The van der Waals surface area contributed by atoms with Crippen LogP contribution in [0, 0.1) is 5.92 Å². The lowest BCUT2D eigenvalue weighted by Gasteiger charge is -2.38. The van der Waals surface area contributed by atoms with Gasteiger partial charge in [0.1, 0.15) is 5.56 Å². The molecule has 0 spiro atoms. The Hall–Kier alpha value is -2.38. The highest BCUT2D eigenvalue weighted by Gasteiger charge is 2.29. The van der Waals surface area contributed by atoms with Crippen LogP contribution in [0.4, 0.5) is 0 Å². The zero-order chi connectivity index (χ0) is 18.7. The van der Waals surface area contributed by atoms with Gasteiger partial charge in [0.2, 0.25) is 11.3 Å². The molecule has 2 aromatic rings. The molecule has 0 radical (unpaired) electrons. The summed E-state index contributed by atoms with van der Waals surface area (Å²) in [6.45, 7) is 3.07. The van der Waals surface area contributed by atoms with Gasteiger partial charge in [-0.2, -0.15) is 0 Å². The highest BCUT2D eigenvalue weighted by molar-refractivity contribution is 5.98. The average molecular weight is 393 g/mol. The third kappa shape index (κ3) is 4.48. The van der Waals surface area contributed by atoms with Crippen LogP contribution in [0.3, 0.4) is 0 Å². The number of nitrogens with zero attached hydrogens (tertiary/aromatic N) is 1. The molecule has 8 heteroatoms.